The summed E-state index contributed by atoms with van der Waals surface area (Å²) in [4.78, 5) is 12.6. The number of amides is 1. The lowest BCUT2D eigenvalue weighted by Crippen LogP contribution is -2.19. The quantitative estimate of drug-likeness (QED) is 0.563. The number of hydrogen-bond acceptors (Lipinski definition) is 1. The second kappa shape index (κ2) is 4.48. The number of hydrogen-bond donors (Lipinski definition) is 0. The van der Waals surface area contributed by atoms with Gasteiger partial charge in [0.1, 0.15) is 0 Å². The molecule has 0 radical (unpaired) electrons. The van der Waals surface area contributed by atoms with E-state index < -0.39 is 0 Å². The monoisotopic (exact) mass is 187 g/mol. The molecule has 2 nitrogen and oxygen atoms in total. The molecule has 72 valence electrons. The second-order valence-corrected chi connectivity index (χ2v) is 3.32. The molecule has 0 aliphatic heterocycles. The molecule has 0 N–H and O–H groups in total. The first-order chi connectivity index (χ1) is 6.59. The van der Waals surface area contributed by atoms with Gasteiger partial charge in [0, 0.05) is 25.6 Å². The molecule has 2 heteroatoms. The zero-order valence-corrected chi connectivity index (χ0v) is 8.66. The smallest absolute Gasteiger partial charge is 0.298 e. The molecule has 14 heavy (non-hydrogen) atoms. The van der Waals surface area contributed by atoms with Crippen LogP contribution in [0.1, 0.15) is 11.1 Å². The van der Waals surface area contributed by atoms with E-state index >= 15 is 0 Å². The van der Waals surface area contributed by atoms with Gasteiger partial charge in [0.15, 0.2) is 0 Å². The van der Waals surface area contributed by atoms with Gasteiger partial charge >= 0.3 is 0 Å². The highest BCUT2D eigenvalue weighted by molar-refractivity contribution is 5.93. The van der Waals surface area contributed by atoms with Crippen LogP contribution in [0.2, 0.25) is 0 Å². The van der Waals surface area contributed by atoms with E-state index in [1.54, 1.807) is 14.1 Å². The standard InChI is InChI=1S/C12H13NO/c1-10-5-4-6-11(9-10)7-8-12(14)13(2)3/h4-6,9H,1-3H3. The zero-order chi connectivity index (χ0) is 10.6. The van der Waals surface area contributed by atoms with Crippen molar-refractivity contribution >= 4 is 5.91 Å². The molecule has 1 amide bonds. The van der Waals surface area contributed by atoms with Gasteiger partial charge in [-0.25, -0.2) is 0 Å². The number of rotatable bonds is 0. The fraction of sp³-hybridized carbons (Fsp3) is 0.250. The molecule has 0 aliphatic rings. The molecule has 0 unspecified atom stereocenters. The number of carbonyl (C=O) groups is 1. The average Bonchev–Trinajstić information content (AvgIpc) is 2.14. The van der Waals surface area contributed by atoms with Crippen LogP contribution in [0.3, 0.4) is 0 Å². The molecule has 0 saturated carbocycles. The maximum atomic E-state index is 11.2. The number of benzene rings is 1. The minimum absolute atomic E-state index is 0.175. The summed E-state index contributed by atoms with van der Waals surface area (Å²) in [6, 6.07) is 7.78. The van der Waals surface area contributed by atoms with E-state index in [4.69, 9.17) is 0 Å². The minimum Gasteiger partial charge on any atom is -0.338 e. The molecule has 0 aliphatic carbocycles. The summed E-state index contributed by atoms with van der Waals surface area (Å²) >= 11 is 0. The van der Waals surface area contributed by atoms with Crippen LogP contribution in [0.15, 0.2) is 24.3 Å². The first-order valence-corrected chi connectivity index (χ1v) is 4.39. The Morgan fingerprint density at radius 3 is 2.64 bits per heavy atom. The average molecular weight is 187 g/mol. The third-order valence-electron chi connectivity index (χ3n) is 1.74. The Bertz CT molecular complexity index is 396. The van der Waals surface area contributed by atoms with E-state index in [9.17, 15) is 4.79 Å². The maximum absolute atomic E-state index is 11.2. The van der Waals surface area contributed by atoms with Gasteiger partial charge in [-0.1, -0.05) is 18.1 Å². The number of nitrogens with zero attached hydrogens (tertiary/aromatic N) is 1. The Hall–Kier alpha value is -1.75. The lowest BCUT2D eigenvalue weighted by molar-refractivity contribution is -0.122. The normalized spacial score (nSPS) is 8.79. The summed E-state index contributed by atoms with van der Waals surface area (Å²) in [5, 5.41) is 0. The van der Waals surface area contributed by atoms with Crippen LogP contribution in [0.4, 0.5) is 0 Å². The molecular formula is C12H13NO. The lowest BCUT2D eigenvalue weighted by atomic mass is 10.1. The minimum atomic E-state index is -0.175. The van der Waals surface area contributed by atoms with Gasteiger partial charge in [-0.3, -0.25) is 4.79 Å². The van der Waals surface area contributed by atoms with Crippen molar-refractivity contribution in [3.05, 3.63) is 35.4 Å². The molecule has 0 heterocycles. The third-order valence-corrected chi connectivity index (χ3v) is 1.74. The first-order valence-electron chi connectivity index (χ1n) is 4.39. The Balaban J connectivity index is 2.83. The van der Waals surface area contributed by atoms with Crippen LogP contribution in [0, 0.1) is 18.8 Å². The zero-order valence-electron chi connectivity index (χ0n) is 8.66. The molecule has 0 atom stereocenters. The van der Waals surface area contributed by atoms with E-state index in [1.165, 1.54) is 4.90 Å². The van der Waals surface area contributed by atoms with Crippen LogP contribution in [-0.2, 0) is 4.79 Å². The van der Waals surface area contributed by atoms with Gasteiger partial charge in [-0.15, -0.1) is 0 Å². The SMILES string of the molecule is Cc1cccc(C#CC(=O)N(C)C)c1. The Morgan fingerprint density at radius 1 is 1.36 bits per heavy atom. The van der Waals surface area contributed by atoms with Crippen molar-refractivity contribution in [2.24, 2.45) is 0 Å². The van der Waals surface area contributed by atoms with E-state index in [0.717, 1.165) is 11.1 Å². The van der Waals surface area contributed by atoms with Gasteiger partial charge in [0.05, 0.1) is 0 Å². The van der Waals surface area contributed by atoms with Crippen molar-refractivity contribution in [2.45, 2.75) is 6.92 Å². The number of aryl methyl sites for hydroxylation is 1. The Kier molecular flexibility index (Phi) is 3.30. The largest absolute Gasteiger partial charge is 0.338 e. The molecule has 1 rings (SSSR count). The Morgan fingerprint density at radius 2 is 2.07 bits per heavy atom. The molecule has 0 aromatic heterocycles. The first kappa shape index (κ1) is 10.3. The predicted octanol–water partition coefficient (Wildman–Crippen LogP) is 1.43. The van der Waals surface area contributed by atoms with E-state index in [2.05, 4.69) is 11.8 Å². The highest BCUT2D eigenvalue weighted by atomic mass is 16.2. The summed E-state index contributed by atoms with van der Waals surface area (Å²) in [6.07, 6.45) is 0. The highest BCUT2D eigenvalue weighted by Gasteiger charge is 1.96. The fourth-order valence-electron chi connectivity index (χ4n) is 0.960. The molecule has 0 fully saturated rings. The molecular weight excluding hydrogens is 174 g/mol. The van der Waals surface area contributed by atoms with E-state index in [-0.39, 0.29) is 5.91 Å². The van der Waals surface area contributed by atoms with Crippen LogP contribution >= 0.6 is 0 Å². The summed E-state index contributed by atoms with van der Waals surface area (Å²) in [6.45, 7) is 2.00. The topological polar surface area (TPSA) is 20.3 Å². The summed E-state index contributed by atoms with van der Waals surface area (Å²) in [7, 11) is 3.38. The van der Waals surface area contributed by atoms with Crippen LogP contribution in [-0.4, -0.2) is 24.9 Å². The van der Waals surface area contributed by atoms with Crippen LogP contribution in [0.5, 0.6) is 0 Å². The van der Waals surface area contributed by atoms with E-state index in [1.807, 2.05) is 31.2 Å². The highest BCUT2D eigenvalue weighted by Crippen LogP contribution is 2.01. The van der Waals surface area contributed by atoms with E-state index in [0.29, 0.717) is 0 Å². The van der Waals surface area contributed by atoms with Crippen LogP contribution in [0.25, 0.3) is 0 Å². The fourth-order valence-corrected chi connectivity index (χ4v) is 0.960. The van der Waals surface area contributed by atoms with Gasteiger partial charge in [0.2, 0.25) is 0 Å². The molecule has 1 aromatic rings. The second-order valence-electron chi connectivity index (χ2n) is 3.32. The van der Waals surface area contributed by atoms with Crippen molar-refractivity contribution in [1.82, 2.24) is 4.90 Å². The van der Waals surface area contributed by atoms with Gasteiger partial charge in [-0.05, 0) is 24.6 Å². The van der Waals surface area contributed by atoms with Gasteiger partial charge in [0.25, 0.3) is 5.91 Å². The summed E-state index contributed by atoms with van der Waals surface area (Å²) in [5.74, 6) is 5.21. The van der Waals surface area contributed by atoms with Crippen molar-refractivity contribution in [2.75, 3.05) is 14.1 Å². The molecule has 1 aromatic carbocycles. The Labute approximate surface area is 84.5 Å². The van der Waals surface area contributed by atoms with Gasteiger partial charge < -0.3 is 4.90 Å². The van der Waals surface area contributed by atoms with Crippen LogP contribution < -0.4 is 0 Å². The van der Waals surface area contributed by atoms with Crippen molar-refractivity contribution < 1.29 is 4.79 Å². The third kappa shape index (κ3) is 2.95. The van der Waals surface area contributed by atoms with Gasteiger partial charge in [-0.2, -0.15) is 0 Å². The summed E-state index contributed by atoms with van der Waals surface area (Å²) < 4.78 is 0. The maximum Gasteiger partial charge on any atom is 0.298 e. The number of carbonyl (C=O) groups excluding carboxylic acids is 1. The van der Waals surface area contributed by atoms with Crippen molar-refractivity contribution in [3.63, 3.8) is 0 Å². The predicted molar refractivity (Wildman–Crippen MR) is 56.8 cm³/mol. The molecule has 0 saturated heterocycles. The molecule has 0 spiro atoms. The molecule has 0 bridgehead atoms. The van der Waals surface area contributed by atoms with Crippen molar-refractivity contribution in [1.29, 1.82) is 0 Å². The summed E-state index contributed by atoms with van der Waals surface area (Å²) in [5.41, 5.74) is 2.02. The lowest BCUT2D eigenvalue weighted by Gasteiger charge is -2.02. The van der Waals surface area contributed by atoms with Crippen molar-refractivity contribution in [3.8, 4) is 11.8 Å².